The quantitative estimate of drug-likeness (QED) is 0.553. The number of rotatable bonds is 8. The number of hydrogen-bond donors (Lipinski definition) is 0. The Hall–Kier alpha value is -1.16. The van der Waals surface area contributed by atoms with E-state index in [4.69, 9.17) is 0 Å². The molecule has 1 atom stereocenters. The number of ketones is 1. The molecule has 0 aliphatic heterocycles. The molecule has 0 amide bonds. The van der Waals surface area contributed by atoms with Gasteiger partial charge in [-0.25, -0.2) is 8.42 Å². The first-order chi connectivity index (χ1) is 13.7. The van der Waals surface area contributed by atoms with Crippen molar-refractivity contribution < 1.29 is 13.2 Å². The molecule has 1 aromatic rings. The molecule has 4 fully saturated rings. The molecule has 160 valence electrons. The van der Waals surface area contributed by atoms with Gasteiger partial charge in [-0.15, -0.1) is 0 Å². The second-order valence-corrected chi connectivity index (χ2v) is 13.2. The number of sulfone groups is 1. The van der Waals surface area contributed by atoms with Crippen LogP contribution in [-0.4, -0.2) is 19.5 Å². The van der Waals surface area contributed by atoms with E-state index in [0.717, 1.165) is 42.6 Å². The molecule has 0 heterocycles. The van der Waals surface area contributed by atoms with Crippen LogP contribution in [0.5, 0.6) is 0 Å². The van der Waals surface area contributed by atoms with Gasteiger partial charge in [-0.05, 0) is 106 Å². The first-order valence-electron chi connectivity index (χ1n) is 11.5. The Labute approximate surface area is 176 Å². The molecular formula is C25H36O3S. The number of benzene rings is 1. The van der Waals surface area contributed by atoms with Gasteiger partial charge < -0.3 is 0 Å². The number of Topliss-reactive ketones (excluding diaryl/α,β-unsaturated/α-hetero) is 1. The summed E-state index contributed by atoms with van der Waals surface area (Å²) < 4.78 is 24.5. The molecule has 0 saturated heterocycles. The van der Waals surface area contributed by atoms with Crippen LogP contribution < -0.4 is 0 Å². The van der Waals surface area contributed by atoms with Crippen LogP contribution in [0.1, 0.15) is 77.7 Å². The van der Waals surface area contributed by atoms with Crippen molar-refractivity contribution in [1.29, 1.82) is 0 Å². The number of carbonyl (C=O) groups excluding carboxylic acids is 1. The fourth-order valence-electron chi connectivity index (χ4n) is 6.71. The van der Waals surface area contributed by atoms with Gasteiger partial charge in [0.2, 0.25) is 0 Å². The van der Waals surface area contributed by atoms with E-state index >= 15 is 0 Å². The first-order valence-corrected chi connectivity index (χ1v) is 13.1. The summed E-state index contributed by atoms with van der Waals surface area (Å²) in [6.07, 6.45) is 10.6. The summed E-state index contributed by atoms with van der Waals surface area (Å²) in [6, 6.07) is 7.25. The van der Waals surface area contributed by atoms with Crippen molar-refractivity contribution >= 4 is 15.6 Å². The van der Waals surface area contributed by atoms with E-state index in [2.05, 4.69) is 6.92 Å². The molecule has 5 rings (SSSR count). The molecule has 0 spiro atoms. The second kappa shape index (κ2) is 7.83. The third-order valence-corrected chi connectivity index (χ3v) is 10.2. The summed E-state index contributed by atoms with van der Waals surface area (Å²) in [4.78, 5) is 13.4. The summed E-state index contributed by atoms with van der Waals surface area (Å²) in [5.74, 6) is 3.22. The lowest BCUT2D eigenvalue weighted by atomic mass is 9.48. The summed E-state index contributed by atoms with van der Waals surface area (Å²) in [7, 11) is -3.22. The van der Waals surface area contributed by atoms with Crippen molar-refractivity contribution in [3.05, 3.63) is 29.8 Å². The summed E-state index contributed by atoms with van der Waals surface area (Å²) in [6.45, 7) is 5.50. The fourth-order valence-corrected chi connectivity index (χ4v) is 7.77. The summed E-state index contributed by atoms with van der Waals surface area (Å²) in [5, 5.41) is -0.407. The number of carbonyl (C=O) groups is 1. The van der Waals surface area contributed by atoms with Crippen LogP contribution in [0, 0.1) is 29.1 Å². The maximum absolute atomic E-state index is 13.0. The van der Waals surface area contributed by atoms with Crippen molar-refractivity contribution in [3.63, 3.8) is 0 Å². The van der Waals surface area contributed by atoms with Gasteiger partial charge in [-0.1, -0.05) is 19.1 Å². The Bertz CT molecular complexity index is 815. The van der Waals surface area contributed by atoms with Crippen molar-refractivity contribution in [3.8, 4) is 0 Å². The molecule has 0 aromatic heterocycles. The normalized spacial score (nSPS) is 31.9. The van der Waals surface area contributed by atoms with Crippen molar-refractivity contribution in [2.24, 2.45) is 29.1 Å². The van der Waals surface area contributed by atoms with Gasteiger partial charge >= 0.3 is 0 Å². The smallest absolute Gasteiger partial charge is 0.180 e. The molecule has 4 bridgehead atoms. The van der Waals surface area contributed by atoms with Crippen LogP contribution in [0.15, 0.2) is 29.2 Å². The van der Waals surface area contributed by atoms with E-state index < -0.39 is 15.1 Å². The molecular weight excluding hydrogens is 380 g/mol. The predicted octanol–water partition coefficient (Wildman–Crippen LogP) is 5.61. The van der Waals surface area contributed by atoms with E-state index in [1.54, 1.807) is 26.0 Å². The monoisotopic (exact) mass is 416 g/mol. The Morgan fingerprint density at radius 2 is 1.48 bits per heavy atom. The molecule has 0 radical (unpaired) electrons. The Morgan fingerprint density at radius 3 is 1.97 bits per heavy atom. The SMILES string of the molecule is CC(CCc1ccc(S(=O)(=O)C(C)C)cc1)C(=O)CC12CC3CC(CC(C3)C1)C2. The molecule has 29 heavy (non-hydrogen) atoms. The lowest BCUT2D eigenvalue weighted by molar-refractivity contribution is -0.130. The maximum atomic E-state index is 13.0. The van der Waals surface area contributed by atoms with Crippen molar-refractivity contribution in [2.45, 2.75) is 88.7 Å². The second-order valence-electron chi connectivity index (χ2n) is 10.7. The molecule has 4 aliphatic rings. The molecule has 0 N–H and O–H groups in total. The average Bonchev–Trinajstić information content (AvgIpc) is 2.64. The summed E-state index contributed by atoms with van der Waals surface area (Å²) >= 11 is 0. The standard InChI is InChI=1S/C25H36O3S/c1-17(2)29(27,28)23-8-6-19(7-9-23)5-4-18(3)24(26)16-25-13-20-10-21(14-25)12-22(11-20)15-25/h6-9,17-18,20-22H,4-5,10-16H2,1-3H3. The van der Waals surface area contributed by atoms with Gasteiger partial charge in [-0.3, -0.25) is 4.79 Å². The van der Waals surface area contributed by atoms with Gasteiger partial charge in [0.05, 0.1) is 10.1 Å². The van der Waals surface area contributed by atoms with Crippen LogP contribution in [0.2, 0.25) is 0 Å². The van der Waals surface area contributed by atoms with E-state index in [9.17, 15) is 13.2 Å². The zero-order valence-corrected chi connectivity index (χ0v) is 19.0. The highest BCUT2D eigenvalue weighted by atomic mass is 32.2. The van der Waals surface area contributed by atoms with E-state index in [0.29, 0.717) is 16.1 Å². The largest absolute Gasteiger partial charge is 0.299 e. The molecule has 4 heteroatoms. The van der Waals surface area contributed by atoms with Gasteiger partial charge in [0.1, 0.15) is 5.78 Å². The van der Waals surface area contributed by atoms with Crippen molar-refractivity contribution in [1.82, 2.24) is 0 Å². The lowest BCUT2D eigenvalue weighted by Crippen LogP contribution is -2.47. The Morgan fingerprint density at radius 1 is 0.966 bits per heavy atom. The topological polar surface area (TPSA) is 51.2 Å². The van der Waals surface area contributed by atoms with Gasteiger partial charge in [0.25, 0.3) is 0 Å². The molecule has 3 nitrogen and oxygen atoms in total. The van der Waals surface area contributed by atoms with E-state index in [1.807, 2.05) is 12.1 Å². The minimum atomic E-state index is -3.22. The van der Waals surface area contributed by atoms with E-state index in [1.165, 1.54) is 38.5 Å². The highest BCUT2D eigenvalue weighted by Crippen LogP contribution is 2.61. The molecule has 1 unspecified atom stereocenters. The Balaban J connectivity index is 1.32. The minimum Gasteiger partial charge on any atom is -0.299 e. The predicted molar refractivity (Wildman–Crippen MR) is 116 cm³/mol. The highest BCUT2D eigenvalue weighted by molar-refractivity contribution is 7.92. The molecule has 4 saturated carbocycles. The van der Waals surface area contributed by atoms with Gasteiger partial charge in [0.15, 0.2) is 9.84 Å². The molecule has 1 aromatic carbocycles. The zero-order valence-electron chi connectivity index (χ0n) is 18.2. The lowest BCUT2D eigenvalue weighted by Gasteiger charge is -2.57. The Kier molecular flexibility index (Phi) is 5.69. The van der Waals surface area contributed by atoms with Crippen LogP contribution in [0.25, 0.3) is 0 Å². The van der Waals surface area contributed by atoms with Crippen molar-refractivity contribution in [2.75, 3.05) is 0 Å². The number of hydrogen-bond acceptors (Lipinski definition) is 3. The summed E-state index contributed by atoms with van der Waals surface area (Å²) in [5.41, 5.74) is 1.44. The van der Waals surface area contributed by atoms with Gasteiger partial charge in [-0.2, -0.15) is 0 Å². The number of aryl methyl sites for hydroxylation is 1. The van der Waals surface area contributed by atoms with Crippen LogP contribution in [-0.2, 0) is 21.1 Å². The van der Waals surface area contributed by atoms with Gasteiger partial charge in [0, 0.05) is 12.3 Å². The average molecular weight is 417 g/mol. The van der Waals surface area contributed by atoms with Crippen LogP contribution in [0.4, 0.5) is 0 Å². The molecule has 4 aliphatic carbocycles. The minimum absolute atomic E-state index is 0.0853. The van der Waals surface area contributed by atoms with Crippen LogP contribution in [0.3, 0.4) is 0 Å². The van der Waals surface area contributed by atoms with Crippen LogP contribution >= 0.6 is 0 Å². The first kappa shape index (κ1) is 21.1. The third-order valence-electron chi connectivity index (χ3n) is 8.00. The van der Waals surface area contributed by atoms with E-state index in [-0.39, 0.29) is 5.92 Å². The fraction of sp³-hybridized carbons (Fsp3) is 0.720. The zero-order chi connectivity index (χ0) is 20.8. The highest BCUT2D eigenvalue weighted by Gasteiger charge is 2.51. The third kappa shape index (κ3) is 4.33. The maximum Gasteiger partial charge on any atom is 0.180 e.